The first-order valence-corrected chi connectivity index (χ1v) is 9.33. The lowest BCUT2D eigenvalue weighted by Crippen LogP contribution is -2.36. The molecule has 5 nitrogen and oxygen atoms in total. The highest BCUT2D eigenvalue weighted by Crippen LogP contribution is 2.19. The highest BCUT2D eigenvalue weighted by atomic mass is 32.1. The highest BCUT2D eigenvalue weighted by molar-refractivity contribution is 7.16. The summed E-state index contributed by atoms with van der Waals surface area (Å²) in [4.78, 5) is 28.2. The van der Waals surface area contributed by atoms with Gasteiger partial charge in [0.2, 0.25) is 0 Å². The molecule has 3 aromatic rings. The fourth-order valence-corrected chi connectivity index (χ4v) is 3.33. The third-order valence-corrected chi connectivity index (χ3v) is 4.81. The molecule has 2 aromatic carbocycles. The number of thiazole rings is 1. The molecule has 1 aromatic heterocycles. The van der Waals surface area contributed by atoms with Gasteiger partial charge in [-0.05, 0) is 43.5 Å². The number of benzene rings is 2. The molecule has 0 spiro atoms. The van der Waals surface area contributed by atoms with Crippen LogP contribution in [0.4, 0.5) is 0 Å². The van der Waals surface area contributed by atoms with E-state index < -0.39 is 5.97 Å². The summed E-state index contributed by atoms with van der Waals surface area (Å²) < 4.78 is 6.03. The fraction of sp³-hybridized carbons (Fsp3) is 0.250. The third kappa shape index (κ3) is 4.89. The zero-order valence-electron chi connectivity index (χ0n) is 14.5. The molecule has 1 N–H and O–H groups in total. The normalized spacial score (nSPS) is 11.9. The van der Waals surface area contributed by atoms with Crippen molar-refractivity contribution in [2.45, 2.75) is 25.8 Å². The standard InChI is InChI=1S/C20H20N2O3S/c1-14(7-8-15-5-3-2-4-6-15)22-19(23)12-25-20(24)16-9-10-17-18(11-16)26-13-21-17/h2-6,9-11,13-14H,7-8,12H2,1H3,(H,22,23)/t14-/m1/s1. The molecule has 3 rings (SSSR count). The Morgan fingerprint density at radius 1 is 1.19 bits per heavy atom. The van der Waals surface area contributed by atoms with Gasteiger partial charge in [-0.2, -0.15) is 0 Å². The van der Waals surface area contributed by atoms with E-state index in [1.54, 1.807) is 23.7 Å². The molecule has 26 heavy (non-hydrogen) atoms. The third-order valence-electron chi connectivity index (χ3n) is 4.02. The van der Waals surface area contributed by atoms with Crippen molar-refractivity contribution < 1.29 is 14.3 Å². The highest BCUT2D eigenvalue weighted by Gasteiger charge is 2.13. The second-order valence-corrected chi connectivity index (χ2v) is 6.99. The molecule has 1 heterocycles. The number of aryl methyl sites for hydroxylation is 1. The van der Waals surface area contributed by atoms with E-state index in [4.69, 9.17) is 4.74 Å². The molecule has 0 aliphatic carbocycles. The number of carbonyl (C=O) groups excluding carboxylic acids is 2. The van der Waals surface area contributed by atoms with Gasteiger partial charge >= 0.3 is 5.97 Å². The lowest BCUT2D eigenvalue weighted by atomic mass is 10.1. The second kappa shape index (κ2) is 8.58. The number of hydrogen-bond acceptors (Lipinski definition) is 5. The van der Waals surface area contributed by atoms with Gasteiger partial charge in [0.25, 0.3) is 5.91 Å². The van der Waals surface area contributed by atoms with Crippen LogP contribution in [0, 0.1) is 0 Å². The predicted octanol–water partition coefficient (Wildman–Crippen LogP) is 3.59. The van der Waals surface area contributed by atoms with Crippen LogP contribution in [0.15, 0.2) is 54.0 Å². The van der Waals surface area contributed by atoms with Crippen LogP contribution in [0.5, 0.6) is 0 Å². The molecule has 0 fully saturated rings. The number of fused-ring (bicyclic) bond motifs is 1. The molecule has 0 unspecified atom stereocenters. The van der Waals surface area contributed by atoms with Gasteiger partial charge in [0.1, 0.15) is 0 Å². The van der Waals surface area contributed by atoms with Gasteiger partial charge in [-0.25, -0.2) is 9.78 Å². The Morgan fingerprint density at radius 2 is 2.00 bits per heavy atom. The topological polar surface area (TPSA) is 68.3 Å². The zero-order valence-corrected chi connectivity index (χ0v) is 15.3. The molecule has 1 atom stereocenters. The molecular formula is C20H20N2O3S. The van der Waals surface area contributed by atoms with Crippen LogP contribution in [0.2, 0.25) is 0 Å². The Morgan fingerprint density at radius 3 is 2.81 bits per heavy atom. The van der Waals surface area contributed by atoms with Crippen molar-refractivity contribution in [3.63, 3.8) is 0 Å². The first-order valence-electron chi connectivity index (χ1n) is 8.45. The summed E-state index contributed by atoms with van der Waals surface area (Å²) in [5.74, 6) is -0.801. The summed E-state index contributed by atoms with van der Waals surface area (Å²) in [6.45, 7) is 1.66. The minimum absolute atomic E-state index is 0.00921. The van der Waals surface area contributed by atoms with Gasteiger partial charge in [-0.1, -0.05) is 30.3 Å². The number of esters is 1. The van der Waals surface area contributed by atoms with E-state index in [2.05, 4.69) is 22.4 Å². The summed E-state index contributed by atoms with van der Waals surface area (Å²) in [5, 5.41) is 2.86. The van der Waals surface area contributed by atoms with Crippen molar-refractivity contribution in [2.75, 3.05) is 6.61 Å². The molecule has 0 bridgehead atoms. The Kier molecular flexibility index (Phi) is 5.96. The number of ether oxygens (including phenoxy) is 1. The Balaban J connectivity index is 1.43. The van der Waals surface area contributed by atoms with Crippen molar-refractivity contribution in [3.8, 4) is 0 Å². The zero-order chi connectivity index (χ0) is 18.4. The quantitative estimate of drug-likeness (QED) is 0.647. The molecule has 134 valence electrons. The predicted molar refractivity (Wildman–Crippen MR) is 102 cm³/mol. The molecule has 0 radical (unpaired) electrons. The number of hydrogen-bond donors (Lipinski definition) is 1. The number of amides is 1. The van der Waals surface area contributed by atoms with Crippen molar-refractivity contribution in [3.05, 3.63) is 65.2 Å². The maximum atomic E-state index is 12.1. The molecule has 0 aliphatic rings. The van der Waals surface area contributed by atoms with Crippen molar-refractivity contribution in [1.82, 2.24) is 10.3 Å². The van der Waals surface area contributed by atoms with Crippen molar-refractivity contribution in [1.29, 1.82) is 0 Å². The van der Waals surface area contributed by atoms with Gasteiger partial charge in [0.15, 0.2) is 6.61 Å². The van der Waals surface area contributed by atoms with E-state index >= 15 is 0 Å². The monoisotopic (exact) mass is 368 g/mol. The summed E-state index contributed by atoms with van der Waals surface area (Å²) in [6, 6.07) is 15.3. The lowest BCUT2D eigenvalue weighted by Gasteiger charge is -2.14. The molecule has 6 heteroatoms. The van der Waals surface area contributed by atoms with Gasteiger partial charge < -0.3 is 10.1 Å². The van der Waals surface area contributed by atoms with Gasteiger partial charge in [0, 0.05) is 6.04 Å². The minimum Gasteiger partial charge on any atom is -0.452 e. The van der Waals surface area contributed by atoms with Crippen LogP contribution in [0.1, 0.15) is 29.3 Å². The van der Waals surface area contributed by atoms with Crippen LogP contribution >= 0.6 is 11.3 Å². The van der Waals surface area contributed by atoms with Gasteiger partial charge in [-0.3, -0.25) is 4.79 Å². The van der Waals surface area contributed by atoms with Crippen molar-refractivity contribution in [2.24, 2.45) is 0 Å². The van der Waals surface area contributed by atoms with Crippen LogP contribution < -0.4 is 5.32 Å². The van der Waals surface area contributed by atoms with Crippen LogP contribution in [-0.4, -0.2) is 29.5 Å². The molecule has 0 aliphatic heterocycles. The Hall–Kier alpha value is -2.73. The molecule has 1 amide bonds. The van der Waals surface area contributed by atoms with Crippen LogP contribution in [-0.2, 0) is 16.0 Å². The Bertz CT molecular complexity index is 892. The minimum atomic E-state index is -0.507. The van der Waals surface area contributed by atoms with Crippen LogP contribution in [0.25, 0.3) is 10.2 Å². The molecule has 0 saturated carbocycles. The summed E-state index contributed by atoms with van der Waals surface area (Å²) in [6.07, 6.45) is 1.71. The SMILES string of the molecule is C[C@H](CCc1ccccc1)NC(=O)COC(=O)c1ccc2ncsc2c1. The molecular weight excluding hydrogens is 348 g/mol. The second-order valence-electron chi connectivity index (χ2n) is 6.10. The van der Waals surface area contributed by atoms with E-state index in [0.717, 1.165) is 23.1 Å². The number of nitrogens with one attached hydrogen (secondary N) is 1. The summed E-state index contributed by atoms with van der Waals surface area (Å²) >= 11 is 1.46. The number of aromatic nitrogens is 1. The van der Waals surface area contributed by atoms with E-state index in [-0.39, 0.29) is 18.6 Å². The van der Waals surface area contributed by atoms with E-state index in [0.29, 0.717) is 5.56 Å². The number of rotatable bonds is 7. The van der Waals surface area contributed by atoms with E-state index in [1.807, 2.05) is 25.1 Å². The average Bonchev–Trinajstić information content (AvgIpc) is 3.13. The Labute approximate surface area is 156 Å². The first-order chi connectivity index (χ1) is 12.6. The largest absolute Gasteiger partial charge is 0.452 e. The fourth-order valence-electron chi connectivity index (χ4n) is 2.61. The molecule has 0 saturated heterocycles. The smallest absolute Gasteiger partial charge is 0.338 e. The van der Waals surface area contributed by atoms with Gasteiger partial charge in [-0.15, -0.1) is 11.3 Å². The summed E-state index contributed by atoms with van der Waals surface area (Å²) in [5.41, 5.74) is 4.23. The average molecular weight is 368 g/mol. The van der Waals surface area contributed by atoms with Crippen molar-refractivity contribution >= 4 is 33.4 Å². The maximum absolute atomic E-state index is 12.1. The first kappa shape index (κ1) is 18.1. The van der Waals surface area contributed by atoms with Crippen LogP contribution in [0.3, 0.4) is 0 Å². The van der Waals surface area contributed by atoms with Gasteiger partial charge in [0.05, 0.1) is 21.3 Å². The lowest BCUT2D eigenvalue weighted by molar-refractivity contribution is -0.124. The van der Waals surface area contributed by atoms with E-state index in [9.17, 15) is 9.59 Å². The summed E-state index contributed by atoms with van der Waals surface area (Å²) in [7, 11) is 0. The number of carbonyl (C=O) groups is 2. The number of nitrogens with zero attached hydrogens (tertiary/aromatic N) is 1. The van der Waals surface area contributed by atoms with E-state index in [1.165, 1.54) is 16.9 Å². The maximum Gasteiger partial charge on any atom is 0.338 e.